The highest BCUT2D eigenvalue weighted by molar-refractivity contribution is 7.14. The number of hydrogen-bond acceptors (Lipinski definition) is 6. The number of esters is 1. The first-order chi connectivity index (χ1) is 14.2. The molecule has 0 aliphatic heterocycles. The van der Waals surface area contributed by atoms with Gasteiger partial charge in [0.05, 0.1) is 16.4 Å². The molecule has 0 aliphatic rings. The summed E-state index contributed by atoms with van der Waals surface area (Å²) in [5.41, 5.74) is 2.81. The van der Waals surface area contributed by atoms with E-state index in [-0.39, 0.29) is 23.8 Å². The first kappa shape index (κ1) is 22.1. The molecule has 0 aliphatic carbocycles. The van der Waals surface area contributed by atoms with Gasteiger partial charge in [0.1, 0.15) is 17.9 Å². The number of phenols is 1. The van der Waals surface area contributed by atoms with E-state index in [1.54, 1.807) is 11.4 Å². The highest BCUT2D eigenvalue weighted by atomic mass is 35.5. The summed E-state index contributed by atoms with van der Waals surface area (Å²) in [7, 11) is 0. The predicted octanol–water partition coefficient (Wildman–Crippen LogP) is 5.81. The molecule has 1 amide bonds. The lowest BCUT2D eigenvalue weighted by molar-refractivity contribution is -0.115. The fourth-order valence-electron chi connectivity index (χ4n) is 2.93. The SMILES string of the molecule is CC(=O)N(c1nc(COC(=O)c2cc(Cl)ccc2O)cs1)c1c(C)cc(C)cc1Cl. The summed E-state index contributed by atoms with van der Waals surface area (Å²) in [6, 6.07) is 7.83. The van der Waals surface area contributed by atoms with Gasteiger partial charge in [0.2, 0.25) is 5.91 Å². The van der Waals surface area contributed by atoms with Gasteiger partial charge in [-0.2, -0.15) is 0 Å². The van der Waals surface area contributed by atoms with Gasteiger partial charge in [-0.3, -0.25) is 9.69 Å². The van der Waals surface area contributed by atoms with Crippen LogP contribution in [-0.2, 0) is 16.1 Å². The smallest absolute Gasteiger partial charge is 0.342 e. The van der Waals surface area contributed by atoms with Gasteiger partial charge >= 0.3 is 5.97 Å². The van der Waals surface area contributed by atoms with Crippen LogP contribution in [0.5, 0.6) is 5.75 Å². The molecule has 0 fully saturated rings. The van der Waals surface area contributed by atoms with E-state index >= 15 is 0 Å². The molecule has 0 saturated carbocycles. The van der Waals surface area contributed by atoms with Crippen molar-refractivity contribution in [1.29, 1.82) is 0 Å². The van der Waals surface area contributed by atoms with Gasteiger partial charge in [0, 0.05) is 17.3 Å². The Kier molecular flexibility index (Phi) is 6.65. The molecule has 0 radical (unpaired) electrons. The van der Waals surface area contributed by atoms with E-state index in [0.717, 1.165) is 11.1 Å². The Morgan fingerprint density at radius 2 is 1.93 bits per heavy atom. The lowest BCUT2D eigenvalue weighted by Gasteiger charge is -2.22. The molecule has 0 unspecified atom stereocenters. The van der Waals surface area contributed by atoms with Crippen molar-refractivity contribution in [2.24, 2.45) is 0 Å². The first-order valence-corrected chi connectivity index (χ1v) is 10.5. The summed E-state index contributed by atoms with van der Waals surface area (Å²) >= 11 is 13.5. The predicted molar refractivity (Wildman–Crippen MR) is 118 cm³/mol. The second-order valence-corrected chi connectivity index (χ2v) is 8.31. The van der Waals surface area contributed by atoms with E-state index in [2.05, 4.69) is 4.98 Å². The maximum Gasteiger partial charge on any atom is 0.342 e. The van der Waals surface area contributed by atoms with Crippen molar-refractivity contribution in [1.82, 2.24) is 4.98 Å². The molecule has 6 nitrogen and oxygen atoms in total. The Bertz CT molecular complexity index is 1110. The van der Waals surface area contributed by atoms with Crippen LogP contribution in [0.15, 0.2) is 35.7 Å². The number of benzene rings is 2. The number of carbonyl (C=O) groups excluding carboxylic acids is 2. The zero-order valence-corrected chi connectivity index (χ0v) is 18.7. The quantitative estimate of drug-likeness (QED) is 0.481. The molecule has 156 valence electrons. The third-order valence-electron chi connectivity index (χ3n) is 4.20. The fourth-order valence-corrected chi connectivity index (χ4v) is 4.37. The van der Waals surface area contributed by atoms with Gasteiger partial charge in [-0.15, -0.1) is 11.3 Å². The van der Waals surface area contributed by atoms with Crippen molar-refractivity contribution < 1.29 is 19.4 Å². The number of phenolic OH excluding ortho intramolecular Hbond substituents is 1. The largest absolute Gasteiger partial charge is 0.507 e. The van der Waals surface area contributed by atoms with Crippen molar-refractivity contribution in [3.63, 3.8) is 0 Å². The standard InChI is InChI=1S/C21H18Cl2N2O4S/c1-11-6-12(2)19(17(23)7-11)25(13(3)26)21-24-15(10-30-21)9-29-20(28)16-8-14(22)4-5-18(16)27/h4-8,10,27H,9H2,1-3H3. The lowest BCUT2D eigenvalue weighted by Crippen LogP contribution is -2.24. The molecule has 0 atom stereocenters. The van der Waals surface area contributed by atoms with Gasteiger partial charge in [-0.05, 0) is 49.2 Å². The zero-order valence-electron chi connectivity index (χ0n) is 16.4. The Hall–Kier alpha value is -2.61. The van der Waals surface area contributed by atoms with Crippen LogP contribution in [0.25, 0.3) is 0 Å². The normalized spacial score (nSPS) is 10.7. The Morgan fingerprint density at radius 1 is 1.20 bits per heavy atom. The molecule has 0 spiro atoms. The molecule has 0 saturated heterocycles. The summed E-state index contributed by atoms with van der Waals surface area (Å²) in [6.45, 7) is 5.10. The monoisotopic (exact) mass is 464 g/mol. The van der Waals surface area contributed by atoms with Crippen LogP contribution in [0.2, 0.25) is 10.0 Å². The Balaban J connectivity index is 1.81. The third-order valence-corrected chi connectivity index (χ3v) is 5.60. The number of carbonyl (C=O) groups is 2. The topological polar surface area (TPSA) is 79.7 Å². The number of ether oxygens (including phenoxy) is 1. The maximum atomic E-state index is 12.4. The molecular formula is C21H18Cl2N2O4S. The molecule has 1 N–H and O–H groups in total. The molecular weight excluding hydrogens is 447 g/mol. The van der Waals surface area contributed by atoms with Gasteiger partial charge in [0.15, 0.2) is 5.13 Å². The van der Waals surface area contributed by atoms with Crippen LogP contribution in [-0.4, -0.2) is 22.0 Å². The third kappa shape index (κ3) is 4.75. The molecule has 9 heteroatoms. The molecule has 3 rings (SSSR count). The number of aromatic hydroxyl groups is 1. The van der Waals surface area contributed by atoms with Gasteiger partial charge in [-0.1, -0.05) is 29.3 Å². The number of nitrogens with zero attached hydrogens (tertiary/aromatic N) is 2. The Morgan fingerprint density at radius 3 is 2.60 bits per heavy atom. The number of thiazole rings is 1. The van der Waals surface area contributed by atoms with E-state index in [4.69, 9.17) is 27.9 Å². The van der Waals surface area contributed by atoms with E-state index in [9.17, 15) is 14.7 Å². The molecule has 1 heterocycles. The molecule has 3 aromatic rings. The van der Waals surface area contributed by atoms with Crippen molar-refractivity contribution in [2.75, 3.05) is 4.90 Å². The minimum atomic E-state index is -0.731. The second kappa shape index (κ2) is 9.04. The van der Waals surface area contributed by atoms with Gasteiger partial charge in [-0.25, -0.2) is 9.78 Å². The number of aromatic nitrogens is 1. The van der Waals surface area contributed by atoms with E-state index in [1.807, 2.05) is 19.9 Å². The minimum absolute atomic E-state index is 0.0367. The van der Waals surface area contributed by atoms with Crippen molar-refractivity contribution >= 4 is 57.2 Å². The van der Waals surface area contributed by atoms with Crippen LogP contribution < -0.4 is 4.90 Å². The summed E-state index contributed by atoms with van der Waals surface area (Å²) in [6.07, 6.45) is 0. The Labute approximate surface area is 187 Å². The second-order valence-electron chi connectivity index (χ2n) is 6.63. The number of halogens is 2. The average Bonchev–Trinajstić information content (AvgIpc) is 3.12. The van der Waals surface area contributed by atoms with Crippen LogP contribution in [0.4, 0.5) is 10.8 Å². The zero-order chi connectivity index (χ0) is 22.0. The van der Waals surface area contributed by atoms with Crippen molar-refractivity contribution in [3.8, 4) is 5.75 Å². The van der Waals surface area contributed by atoms with Crippen molar-refractivity contribution in [3.05, 3.63) is 68.1 Å². The fraction of sp³-hybridized carbons (Fsp3) is 0.190. The number of rotatable bonds is 5. The summed E-state index contributed by atoms with van der Waals surface area (Å²) in [5, 5.41) is 12.7. The first-order valence-electron chi connectivity index (χ1n) is 8.85. The van der Waals surface area contributed by atoms with Crippen LogP contribution in [0.3, 0.4) is 0 Å². The summed E-state index contributed by atoms with van der Waals surface area (Å²) in [4.78, 5) is 30.5. The highest BCUT2D eigenvalue weighted by Gasteiger charge is 2.23. The maximum absolute atomic E-state index is 12.4. The van der Waals surface area contributed by atoms with E-state index < -0.39 is 5.97 Å². The van der Waals surface area contributed by atoms with Gasteiger partial charge in [0.25, 0.3) is 0 Å². The van der Waals surface area contributed by atoms with Crippen LogP contribution in [0.1, 0.15) is 34.1 Å². The highest BCUT2D eigenvalue weighted by Crippen LogP contribution is 2.37. The molecule has 1 aromatic heterocycles. The lowest BCUT2D eigenvalue weighted by atomic mass is 10.1. The molecule has 30 heavy (non-hydrogen) atoms. The molecule has 2 aromatic carbocycles. The van der Waals surface area contributed by atoms with Crippen LogP contribution >= 0.6 is 34.5 Å². The summed E-state index contributed by atoms with van der Waals surface area (Å²) in [5.74, 6) is -1.20. The number of anilines is 2. The number of aryl methyl sites for hydroxylation is 2. The average molecular weight is 465 g/mol. The van der Waals surface area contributed by atoms with Gasteiger partial charge < -0.3 is 9.84 Å². The van der Waals surface area contributed by atoms with E-state index in [1.165, 1.54) is 41.4 Å². The summed E-state index contributed by atoms with van der Waals surface area (Å²) < 4.78 is 5.23. The molecule has 0 bridgehead atoms. The number of amides is 1. The van der Waals surface area contributed by atoms with Crippen LogP contribution in [0, 0.1) is 13.8 Å². The minimum Gasteiger partial charge on any atom is -0.507 e. The van der Waals surface area contributed by atoms with E-state index in [0.29, 0.717) is 26.6 Å². The number of hydrogen-bond donors (Lipinski definition) is 1. The van der Waals surface area contributed by atoms with Crippen molar-refractivity contribution in [2.45, 2.75) is 27.4 Å².